The second-order valence-electron chi connectivity index (χ2n) is 10.5. The van der Waals surface area contributed by atoms with Crippen molar-refractivity contribution in [2.24, 2.45) is 0 Å². The smallest absolute Gasteiger partial charge is 0.188 e. The van der Waals surface area contributed by atoms with Gasteiger partial charge in [-0.15, -0.1) is 0 Å². The minimum Gasteiger partial charge on any atom is -0.346 e. The van der Waals surface area contributed by atoms with Crippen LogP contribution < -0.4 is 9.63 Å². The van der Waals surface area contributed by atoms with Crippen molar-refractivity contribution in [2.45, 2.75) is 110 Å². The SMILES string of the molecule is CC(C)N[Si](C)(C)N[Si](C(C)(C)C)(C(C)(C)C)C(C)(C)C. The molecule has 0 radical (unpaired) electrons. The van der Waals surface area contributed by atoms with E-state index < -0.39 is 16.6 Å². The van der Waals surface area contributed by atoms with Crippen molar-refractivity contribution in [1.29, 1.82) is 0 Å². The molecule has 4 heteroatoms. The summed E-state index contributed by atoms with van der Waals surface area (Å²) in [5.41, 5.74) is 0. The lowest BCUT2D eigenvalue weighted by molar-refractivity contribution is 0.517. The molecule has 0 saturated heterocycles. The Balaban J connectivity index is 6.08. The van der Waals surface area contributed by atoms with Gasteiger partial charge in [0, 0.05) is 0 Å². The van der Waals surface area contributed by atoms with Gasteiger partial charge in [-0.2, -0.15) is 0 Å². The Morgan fingerprint density at radius 2 is 0.952 bits per heavy atom. The Hall–Kier alpha value is 0.354. The molecule has 0 aromatic heterocycles. The van der Waals surface area contributed by atoms with Gasteiger partial charge in [-0.05, 0) is 34.3 Å². The molecule has 0 heterocycles. The van der Waals surface area contributed by atoms with Crippen molar-refractivity contribution in [3.63, 3.8) is 0 Å². The molecule has 0 aliphatic heterocycles. The van der Waals surface area contributed by atoms with Crippen LogP contribution in [0, 0.1) is 0 Å². The summed E-state index contributed by atoms with van der Waals surface area (Å²) < 4.78 is 4.32. The molecule has 0 saturated carbocycles. The first-order valence-corrected chi connectivity index (χ1v) is 13.4. The van der Waals surface area contributed by atoms with Crippen LogP contribution in [-0.4, -0.2) is 22.7 Å². The summed E-state index contributed by atoms with van der Waals surface area (Å²) in [6, 6.07) is 0.533. The van der Waals surface area contributed by atoms with Gasteiger partial charge in [0.25, 0.3) is 0 Å². The van der Waals surface area contributed by atoms with Crippen LogP contribution in [0.5, 0.6) is 0 Å². The van der Waals surface area contributed by atoms with Gasteiger partial charge < -0.3 is 9.63 Å². The van der Waals surface area contributed by atoms with E-state index in [2.05, 4.69) is 98.9 Å². The Bertz CT molecular complexity index is 305. The molecule has 0 aliphatic rings. The number of nitrogens with one attached hydrogen (secondary N) is 2. The summed E-state index contributed by atoms with van der Waals surface area (Å²) in [5.74, 6) is 0. The molecule has 0 amide bonds. The predicted octanol–water partition coefficient (Wildman–Crippen LogP) is 5.62. The molecule has 0 fully saturated rings. The first-order chi connectivity index (χ1) is 8.87. The zero-order valence-electron chi connectivity index (χ0n) is 17.1. The zero-order valence-corrected chi connectivity index (χ0v) is 19.1. The molecule has 128 valence electrons. The Morgan fingerprint density at radius 1 is 0.667 bits per heavy atom. The van der Waals surface area contributed by atoms with Gasteiger partial charge in [-0.3, -0.25) is 0 Å². The maximum absolute atomic E-state index is 4.32. The van der Waals surface area contributed by atoms with Crippen molar-refractivity contribution in [1.82, 2.24) is 9.63 Å². The van der Waals surface area contributed by atoms with Gasteiger partial charge >= 0.3 is 0 Å². The molecule has 2 N–H and O–H groups in total. The maximum Gasteiger partial charge on any atom is 0.188 e. The van der Waals surface area contributed by atoms with E-state index in [1.54, 1.807) is 0 Å². The fourth-order valence-corrected chi connectivity index (χ4v) is 21.9. The van der Waals surface area contributed by atoms with Crippen LogP contribution in [0.15, 0.2) is 0 Å². The molecule has 0 aliphatic carbocycles. The van der Waals surface area contributed by atoms with Gasteiger partial charge in [0.05, 0.1) is 0 Å². The number of rotatable bonds is 4. The van der Waals surface area contributed by atoms with E-state index in [1.165, 1.54) is 0 Å². The molecular weight excluding hydrogens is 288 g/mol. The van der Waals surface area contributed by atoms with E-state index in [1.807, 2.05) is 0 Å². The summed E-state index contributed by atoms with van der Waals surface area (Å²) in [4.78, 5) is 3.85. The summed E-state index contributed by atoms with van der Waals surface area (Å²) in [6.45, 7) is 31.4. The zero-order chi connectivity index (χ0) is 17.5. The molecule has 21 heavy (non-hydrogen) atoms. The van der Waals surface area contributed by atoms with Crippen molar-refractivity contribution < 1.29 is 0 Å². The van der Waals surface area contributed by atoms with Crippen LogP contribution >= 0.6 is 0 Å². The van der Waals surface area contributed by atoms with Gasteiger partial charge in [-0.1, -0.05) is 76.2 Å². The van der Waals surface area contributed by atoms with Gasteiger partial charge in [0.15, 0.2) is 8.40 Å². The summed E-state index contributed by atoms with van der Waals surface area (Å²) in [6.07, 6.45) is 0. The first-order valence-electron chi connectivity index (χ1n) is 8.44. The molecule has 0 rings (SSSR count). The van der Waals surface area contributed by atoms with E-state index >= 15 is 0 Å². The lowest BCUT2D eigenvalue weighted by atomic mass is 10.2. The molecule has 0 aromatic carbocycles. The van der Waals surface area contributed by atoms with E-state index in [0.29, 0.717) is 21.2 Å². The Labute approximate surface area is 137 Å². The van der Waals surface area contributed by atoms with Crippen LogP contribution in [0.3, 0.4) is 0 Å². The van der Waals surface area contributed by atoms with Crippen LogP contribution in [-0.2, 0) is 0 Å². The summed E-state index contributed by atoms with van der Waals surface area (Å²) >= 11 is 0. The lowest BCUT2D eigenvalue weighted by Gasteiger charge is -2.62. The number of hydrogen-bond acceptors (Lipinski definition) is 2. The highest BCUT2D eigenvalue weighted by atomic mass is 28.4. The topological polar surface area (TPSA) is 24.1 Å². The highest BCUT2D eigenvalue weighted by Gasteiger charge is 2.61. The largest absolute Gasteiger partial charge is 0.346 e. The molecule has 0 spiro atoms. The van der Waals surface area contributed by atoms with Crippen molar-refractivity contribution >= 4 is 16.6 Å². The average molecular weight is 331 g/mol. The second kappa shape index (κ2) is 6.10. The number of hydrogen-bond donors (Lipinski definition) is 2. The van der Waals surface area contributed by atoms with Crippen molar-refractivity contribution in [2.75, 3.05) is 0 Å². The average Bonchev–Trinajstić information content (AvgIpc) is 2.05. The third kappa shape index (κ3) is 4.66. The molecule has 0 atom stereocenters. The van der Waals surface area contributed by atoms with E-state index in [9.17, 15) is 0 Å². The fraction of sp³-hybridized carbons (Fsp3) is 1.00. The molecule has 2 nitrogen and oxygen atoms in total. The van der Waals surface area contributed by atoms with Crippen molar-refractivity contribution in [3.8, 4) is 0 Å². The van der Waals surface area contributed by atoms with Crippen LogP contribution in [0.4, 0.5) is 0 Å². The normalized spacial score (nSPS) is 15.7. The molecular formula is C17H42N2Si2. The minimum atomic E-state index is -1.85. The second-order valence-corrected chi connectivity index (χ2v) is 21.1. The van der Waals surface area contributed by atoms with Gasteiger partial charge in [-0.25, -0.2) is 0 Å². The molecule has 0 unspecified atom stereocenters. The van der Waals surface area contributed by atoms with Crippen molar-refractivity contribution in [3.05, 3.63) is 0 Å². The third-order valence-corrected chi connectivity index (χ3v) is 16.6. The molecule has 0 bridgehead atoms. The van der Waals surface area contributed by atoms with Crippen LogP contribution in [0.1, 0.15) is 76.2 Å². The third-order valence-electron chi connectivity index (χ3n) is 4.52. The van der Waals surface area contributed by atoms with Crippen LogP contribution in [0.2, 0.25) is 28.2 Å². The standard InChI is InChI=1S/C17H42N2Si2/c1-14(2)18-20(12,13)19-21(15(3,4)5,16(6,7)8)17(9,10)11/h14,18-19H,1-13H3. The molecule has 0 aromatic rings. The minimum absolute atomic E-state index is 0.298. The fourth-order valence-electron chi connectivity index (χ4n) is 5.16. The maximum atomic E-state index is 4.32. The lowest BCUT2D eigenvalue weighted by Crippen LogP contribution is -2.78. The van der Waals surface area contributed by atoms with E-state index in [-0.39, 0.29) is 0 Å². The predicted molar refractivity (Wildman–Crippen MR) is 104 cm³/mol. The van der Waals surface area contributed by atoms with E-state index in [4.69, 9.17) is 0 Å². The Morgan fingerprint density at radius 3 is 1.14 bits per heavy atom. The highest BCUT2D eigenvalue weighted by Crippen LogP contribution is 2.60. The monoisotopic (exact) mass is 330 g/mol. The quantitative estimate of drug-likeness (QED) is 0.653. The summed E-state index contributed by atoms with van der Waals surface area (Å²) in [7, 11) is -3.52. The summed E-state index contributed by atoms with van der Waals surface area (Å²) in [5, 5.41) is 0.894. The highest BCUT2D eigenvalue weighted by molar-refractivity contribution is 6.95. The first kappa shape index (κ1) is 21.4. The van der Waals surface area contributed by atoms with Crippen LogP contribution in [0.25, 0.3) is 0 Å². The van der Waals surface area contributed by atoms with E-state index in [0.717, 1.165) is 0 Å². The van der Waals surface area contributed by atoms with Gasteiger partial charge in [0.1, 0.15) is 8.24 Å². The Kier molecular flexibility index (Phi) is 6.20. The van der Waals surface area contributed by atoms with Gasteiger partial charge in [0.2, 0.25) is 0 Å².